The van der Waals surface area contributed by atoms with Gasteiger partial charge in [0.15, 0.2) is 6.10 Å². The molecular formula is C9H15NO5. The maximum absolute atomic E-state index is 11.4. The number of hydrogen-bond donors (Lipinski definition) is 2. The molecule has 2 atom stereocenters. The smallest absolute Gasteiger partial charge is 0.308 e. The molecule has 0 bridgehead atoms. The predicted molar refractivity (Wildman–Crippen MR) is 50.4 cm³/mol. The van der Waals surface area contributed by atoms with Crippen molar-refractivity contribution in [3.8, 4) is 0 Å². The van der Waals surface area contributed by atoms with Crippen LogP contribution in [-0.4, -0.2) is 49.5 Å². The van der Waals surface area contributed by atoms with Gasteiger partial charge >= 0.3 is 5.97 Å². The van der Waals surface area contributed by atoms with E-state index in [1.807, 2.05) is 0 Å². The zero-order valence-electron chi connectivity index (χ0n) is 8.56. The molecule has 1 aliphatic heterocycles. The van der Waals surface area contributed by atoms with Crippen LogP contribution in [0.3, 0.4) is 0 Å². The van der Waals surface area contributed by atoms with E-state index in [0.717, 1.165) is 0 Å². The molecule has 0 aromatic carbocycles. The van der Waals surface area contributed by atoms with Crippen molar-refractivity contribution in [1.29, 1.82) is 0 Å². The number of nitrogens with one attached hydrogen (secondary N) is 1. The lowest BCUT2D eigenvalue weighted by atomic mass is 10.2. The van der Waals surface area contributed by atoms with E-state index in [1.54, 1.807) is 0 Å². The summed E-state index contributed by atoms with van der Waals surface area (Å²) in [4.78, 5) is 21.9. The van der Waals surface area contributed by atoms with E-state index < -0.39 is 18.0 Å². The van der Waals surface area contributed by atoms with E-state index in [0.29, 0.717) is 13.2 Å². The first-order valence-corrected chi connectivity index (χ1v) is 4.81. The molecule has 86 valence electrons. The first-order chi connectivity index (χ1) is 7.11. The lowest BCUT2D eigenvalue weighted by Gasteiger charge is -2.22. The van der Waals surface area contributed by atoms with Crippen LogP contribution in [0.4, 0.5) is 0 Å². The summed E-state index contributed by atoms with van der Waals surface area (Å²) in [6, 6.07) is 0. The summed E-state index contributed by atoms with van der Waals surface area (Å²) in [6.45, 7) is 2.75. The Morgan fingerprint density at radius 3 is 2.80 bits per heavy atom. The number of amides is 1. The summed E-state index contributed by atoms with van der Waals surface area (Å²) in [5.41, 5.74) is 0. The minimum atomic E-state index is -0.934. The van der Waals surface area contributed by atoms with Gasteiger partial charge in [-0.05, 0) is 0 Å². The summed E-state index contributed by atoms with van der Waals surface area (Å²) in [7, 11) is 0. The molecule has 2 N–H and O–H groups in total. The van der Waals surface area contributed by atoms with Gasteiger partial charge in [-0.3, -0.25) is 9.59 Å². The zero-order valence-corrected chi connectivity index (χ0v) is 8.56. The van der Waals surface area contributed by atoms with Gasteiger partial charge in [0.25, 0.3) is 5.91 Å². The second kappa shape index (κ2) is 5.67. The highest BCUT2D eigenvalue weighted by Gasteiger charge is 2.23. The van der Waals surface area contributed by atoms with E-state index in [4.69, 9.17) is 14.6 Å². The standard InChI is InChI=1S/C9H15NO5/c1-6(9(12)13)4-10-8(11)7-5-14-2-3-15-7/h6-7H,2-5H2,1H3,(H,10,11)(H,12,13). The molecule has 0 aromatic heterocycles. The number of carboxylic acid groups (broad SMARTS) is 1. The van der Waals surface area contributed by atoms with Crippen LogP contribution in [0.2, 0.25) is 0 Å². The molecule has 1 fully saturated rings. The van der Waals surface area contributed by atoms with Crippen molar-refractivity contribution < 1.29 is 24.2 Å². The van der Waals surface area contributed by atoms with Crippen LogP contribution < -0.4 is 5.32 Å². The van der Waals surface area contributed by atoms with E-state index in [-0.39, 0.29) is 19.1 Å². The number of rotatable bonds is 4. The topological polar surface area (TPSA) is 84.9 Å². The Kier molecular flexibility index (Phi) is 4.51. The quantitative estimate of drug-likeness (QED) is 0.646. The Bertz CT molecular complexity index is 237. The highest BCUT2D eigenvalue weighted by atomic mass is 16.6. The molecule has 6 nitrogen and oxygen atoms in total. The molecule has 1 aliphatic rings. The van der Waals surface area contributed by atoms with Crippen LogP contribution in [-0.2, 0) is 19.1 Å². The third-order valence-electron chi connectivity index (χ3n) is 2.11. The fourth-order valence-corrected chi connectivity index (χ4v) is 1.09. The fourth-order valence-electron chi connectivity index (χ4n) is 1.09. The van der Waals surface area contributed by atoms with Crippen LogP contribution >= 0.6 is 0 Å². The van der Waals surface area contributed by atoms with Crippen LogP contribution in [0, 0.1) is 5.92 Å². The molecule has 0 spiro atoms. The van der Waals surface area contributed by atoms with Gasteiger partial charge in [-0.15, -0.1) is 0 Å². The molecule has 1 heterocycles. The Hall–Kier alpha value is -1.14. The van der Waals surface area contributed by atoms with E-state index in [1.165, 1.54) is 6.92 Å². The average Bonchev–Trinajstić information content (AvgIpc) is 2.26. The summed E-state index contributed by atoms with van der Waals surface area (Å²) >= 11 is 0. The van der Waals surface area contributed by atoms with Gasteiger partial charge in [0.05, 0.1) is 25.7 Å². The Labute approximate surface area is 87.5 Å². The highest BCUT2D eigenvalue weighted by Crippen LogP contribution is 2.01. The van der Waals surface area contributed by atoms with Crippen molar-refractivity contribution in [1.82, 2.24) is 5.32 Å². The summed E-state index contributed by atoms with van der Waals surface area (Å²) in [5.74, 6) is -1.85. The number of ether oxygens (including phenoxy) is 2. The number of hydrogen-bond acceptors (Lipinski definition) is 4. The minimum absolute atomic E-state index is 0.105. The van der Waals surface area contributed by atoms with Gasteiger partial charge in [-0.1, -0.05) is 6.92 Å². The largest absolute Gasteiger partial charge is 0.481 e. The van der Waals surface area contributed by atoms with Gasteiger partial charge in [0, 0.05) is 6.54 Å². The lowest BCUT2D eigenvalue weighted by Crippen LogP contribution is -2.44. The molecule has 0 saturated carbocycles. The van der Waals surface area contributed by atoms with Crippen LogP contribution in [0.1, 0.15) is 6.92 Å². The molecular weight excluding hydrogens is 202 g/mol. The molecule has 6 heteroatoms. The molecule has 1 rings (SSSR count). The van der Waals surface area contributed by atoms with Gasteiger partial charge in [-0.2, -0.15) is 0 Å². The van der Waals surface area contributed by atoms with Crippen molar-refractivity contribution in [3.05, 3.63) is 0 Å². The number of carbonyl (C=O) groups is 2. The summed E-state index contributed by atoms with van der Waals surface area (Å²) in [6.07, 6.45) is -0.611. The Morgan fingerprint density at radius 1 is 1.53 bits per heavy atom. The van der Waals surface area contributed by atoms with Gasteiger partial charge in [0.2, 0.25) is 0 Å². The van der Waals surface area contributed by atoms with Gasteiger partial charge in [-0.25, -0.2) is 0 Å². The van der Waals surface area contributed by atoms with E-state index >= 15 is 0 Å². The van der Waals surface area contributed by atoms with Crippen molar-refractivity contribution in [2.24, 2.45) is 5.92 Å². The first kappa shape index (κ1) is 11.9. The second-order valence-corrected chi connectivity index (χ2v) is 3.42. The fraction of sp³-hybridized carbons (Fsp3) is 0.778. The molecule has 0 radical (unpaired) electrons. The van der Waals surface area contributed by atoms with E-state index in [2.05, 4.69) is 5.32 Å². The molecule has 1 saturated heterocycles. The maximum Gasteiger partial charge on any atom is 0.308 e. The minimum Gasteiger partial charge on any atom is -0.481 e. The van der Waals surface area contributed by atoms with Crippen molar-refractivity contribution in [3.63, 3.8) is 0 Å². The van der Waals surface area contributed by atoms with Crippen molar-refractivity contribution >= 4 is 11.9 Å². The lowest BCUT2D eigenvalue weighted by molar-refractivity contribution is -0.148. The summed E-state index contributed by atoms with van der Waals surface area (Å²) in [5, 5.41) is 11.1. The predicted octanol–water partition coefficient (Wildman–Crippen LogP) is -0.761. The zero-order chi connectivity index (χ0) is 11.3. The van der Waals surface area contributed by atoms with Crippen LogP contribution in [0.5, 0.6) is 0 Å². The third kappa shape index (κ3) is 3.85. The number of carboxylic acids is 1. The van der Waals surface area contributed by atoms with Gasteiger partial charge in [0.1, 0.15) is 0 Å². The average molecular weight is 217 g/mol. The normalized spacial score (nSPS) is 23.1. The Morgan fingerprint density at radius 2 is 2.27 bits per heavy atom. The molecule has 15 heavy (non-hydrogen) atoms. The monoisotopic (exact) mass is 217 g/mol. The van der Waals surface area contributed by atoms with Crippen LogP contribution in [0.25, 0.3) is 0 Å². The second-order valence-electron chi connectivity index (χ2n) is 3.42. The molecule has 0 aliphatic carbocycles. The number of aliphatic carboxylic acids is 1. The van der Waals surface area contributed by atoms with Gasteiger partial charge < -0.3 is 19.9 Å². The first-order valence-electron chi connectivity index (χ1n) is 4.81. The molecule has 2 unspecified atom stereocenters. The molecule has 1 amide bonds. The van der Waals surface area contributed by atoms with Crippen LogP contribution in [0.15, 0.2) is 0 Å². The Balaban J connectivity index is 2.25. The highest BCUT2D eigenvalue weighted by molar-refractivity contribution is 5.81. The maximum atomic E-state index is 11.4. The number of carbonyl (C=O) groups excluding carboxylic acids is 1. The van der Waals surface area contributed by atoms with E-state index in [9.17, 15) is 9.59 Å². The SMILES string of the molecule is CC(CNC(=O)C1COCCO1)C(=O)O. The third-order valence-corrected chi connectivity index (χ3v) is 2.11. The van der Waals surface area contributed by atoms with Crippen molar-refractivity contribution in [2.45, 2.75) is 13.0 Å². The van der Waals surface area contributed by atoms with Crippen molar-refractivity contribution in [2.75, 3.05) is 26.4 Å². The summed E-state index contributed by atoms with van der Waals surface area (Å²) < 4.78 is 10.2. The molecule has 0 aromatic rings.